The van der Waals surface area contributed by atoms with Crippen LogP contribution in [0, 0.1) is 19.8 Å². The summed E-state index contributed by atoms with van der Waals surface area (Å²) < 4.78 is 0. The van der Waals surface area contributed by atoms with Gasteiger partial charge in [-0.2, -0.15) is 0 Å². The normalized spacial score (nSPS) is 13.3. The highest BCUT2D eigenvalue weighted by Gasteiger charge is 2.18. The molecule has 0 spiro atoms. The van der Waals surface area contributed by atoms with E-state index in [2.05, 4.69) is 35.8 Å². The number of nitrogens with two attached hydrogens (primary N) is 1. The van der Waals surface area contributed by atoms with Crippen LogP contribution in [0.1, 0.15) is 44.1 Å². The molecule has 1 atom stereocenters. The lowest BCUT2D eigenvalue weighted by atomic mass is 10.1. The Balaban J connectivity index is 3.32. The Labute approximate surface area is 121 Å². The molecule has 1 unspecified atom stereocenters. The maximum absolute atomic E-state index is 9.01. The van der Waals surface area contributed by atoms with Gasteiger partial charge in [-0.3, -0.25) is 4.98 Å². The monoisotopic (exact) mass is 278 g/mol. The fraction of sp³-hybridized carbons (Fsp3) is 0.600. The van der Waals surface area contributed by atoms with Gasteiger partial charge in [0.15, 0.2) is 5.84 Å². The van der Waals surface area contributed by atoms with E-state index >= 15 is 0 Å². The molecular formula is C15H26N4O. The third kappa shape index (κ3) is 3.62. The summed E-state index contributed by atoms with van der Waals surface area (Å²) in [4.78, 5) is 6.69. The molecule has 3 N–H and O–H groups in total. The molecule has 1 heterocycles. The quantitative estimate of drug-likeness (QED) is 0.363. The zero-order valence-electron chi connectivity index (χ0n) is 13.1. The number of amidine groups is 1. The second kappa shape index (κ2) is 7.12. The lowest BCUT2D eigenvalue weighted by Gasteiger charge is -2.29. The van der Waals surface area contributed by atoms with Crippen molar-refractivity contribution in [3.8, 4) is 0 Å². The Hall–Kier alpha value is -1.78. The van der Waals surface area contributed by atoms with Crippen molar-refractivity contribution in [2.24, 2.45) is 16.8 Å². The van der Waals surface area contributed by atoms with Crippen molar-refractivity contribution in [1.29, 1.82) is 0 Å². The summed E-state index contributed by atoms with van der Waals surface area (Å²) in [7, 11) is 0. The Morgan fingerprint density at radius 1 is 1.45 bits per heavy atom. The van der Waals surface area contributed by atoms with Crippen LogP contribution in [0.3, 0.4) is 0 Å². The van der Waals surface area contributed by atoms with Crippen LogP contribution < -0.4 is 10.6 Å². The maximum Gasteiger partial charge on any atom is 0.174 e. The Kier molecular flexibility index (Phi) is 5.80. The molecule has 112 valence electrons. The molecular weight excluding hydrogens is 252 g/mol. The second-order valence-corrected chi connectivity index (χ2v) is 5.28. The molecule has 0 amide bonds. The first-order valence-corrected chi connectivity index (χ1v) is 7.15. The first kappa shape index (κ1) is 16.3. The van der Waals surface area contributed by atoms with Crippen molar-refractivity contribution in [3.05, 3.63) is 23.0 Å². The summed E-state index contributed by atoms with van der Waals surface area (Å²) >= 11 is 0. The highest BCUT2D eigenvalue weighted by molar-refractivity contribution is 6.03. The fourth-order valence-electron chi connectivity index (χ4n) is 2.33. The zero-order chi connectivity index (χ0) is 15.3. The van der Waals surface area contributed by atoms with Gasteiger partial charge in [-0.1, -0.05) is 25.4 Å². The van der Waals surface area contributed by atoms with E-state index in [1.54, 1.807) is 0 Å². The van der Waals surface area contributed by atoms with Crippen LogP contribution >= 0.6 is 0 Å². The van der Waals surface area contributed by atoms with E-state index in [1.807, 2.05) is 19.9 Å². The molecule has 0 aliphatic rings. The molecule has 5 nitrogen and oxygen atoms in total. The Morgan fingerprint density at radius 2 is 2.10 bits per heavy atom. The molecule has 1 aromatic rings. The molecule has 0 aliphatic carbocycles. The van der Waals surface area contributed by atoms with Crippen molar-refractivity contribution in [3.63, 3.8) is 0 Å². The number of nitrogens with zero attached hydrogens (tertiary/aromatic N) is 3. The molecule has 0 saturated carbocycles. The van der Waals surface area contributed by atoms with Crippen LogP contribution in [-0.4, -0.2) is 29.1 Å². The number of rotatable bonds is 6. The number of anilines is 1. The summed E-state index contributed by atoms with van der Waals surface area (Å²) in [6.07, 6.45) is 1.12. The van der Waals surface area contributed by atoms with Gasteiger partial charge in [0.2, 0.25) is 0 Å². The summed E-state index contributed by atoms with van der Waals surface area (Å²) in [5.74, 6) is 0.705. The van der Waals surface area contributed by atoms with Gasteiger partial charge < -0.3 is 15.8 Å². The molecule has 20 heavy (non-hydrogen) atoms. The van der Waals surface area contributed by atoms with Crippen molar-refractivity contribution in [2.45, 2.75) is 41.0 Å². The van der Waals surface area contributed by atoms with E-state index in [9.17, 15) is 0 Å². The molecule has 5 heteroatoms. The topological polar surface area (TPSA) is 74.7 Å². The minimum absolute atomic E-state index is 0.118. The highest BCUT2D eigenvalue weighted by atomic mass is 16.4. The number of oxime groups is 1. The molecule has 0 fully saturated rings. The van der Waals surface area contributed by atoms with Gasteiger partial charge in [-0.25, -0.2) is 0 Å². The van der Waals surface area contributed by atoms with Crippen LogP contribution in [0.15, 0.2) is 11.2 Å². The predicted molar refractivity (Wildman–Crippen MR) is 83.6 cm³/mol. The van der Waals surface area contributed by atoms with Crippen molar-refractivity contribution < 1.29 is 5.21 Å². The number of hydrogen-bond donors (Lipinski definition) is 2. The fourth-order valence-corrected chi connectivity index (χ4v) is 2.33. The number of aryl methyl sites for hydroxylation is 2. The van der Waals surface area contributed by atoms with Gasteiger partial charge in [0.05, 0.1) is 16.9 Å². The highest BCUT2D eigenvalue weighted by Crippen LogP contribution is 2.25. The minimum atomic E-state index is 0.118. The van der Waals surface area contributed by atoms with Crippen LogP contribution in [0.25, 0.3) is 0 Å². The molecule has 1 rings (SSSR count). The molecule has 0 aliphatic heterocycles. The third-order valence-corrected chi connectivity index (χ3v) is 3.62. The van der Waals surface area contributed by atoms with Crippen LogP contribution in [0.4, 0.5) is 5.69 Å². The molecule has 1 aromatic heterocycles. The van der Waals surface area contributed by atoms with E-state index in [-0.39, 0.29) is 5.84 Å². The molecule has 0 bridgehead atoms. The van der Waals surface area contributed by atoms with E-state index in [4.69, 9.17) is 10.9 Å². The molecule has 0 radical (unpaired) electrons. The zero-order valence-corrected chi connectivity index (χ0v) is 13.1. The first-order chi connectivity index (χ1) is 9.44. The Bertz CT molecular complexity index is 485. The van der Waals surface area contributed by atoms with Crippen molar-refractivity contribution >= 4 is 11.5 Å². The van der Waals surface area contributed by atoms with Gasteiger partial charge >= 0.3 is 0 Å². The smallest absolute Gasteiger partial charge is 0.174 e. The average molecular weight is 278 g/mol. The summed E-state index contributed by atoms with van der Waals surface area (Å²) in [6.45, 7) is 12.2. The lowest BCUT2D eigenvalue weighted by molar-refractivity contribution is 0.318. The van der Waals surface area contributed by atoms with E-state index < -0.39 is 0 Å². The van der Waals surface area contributed by atoms with Crippen molar-refractivity contribution in [2.75, 3.05) is 18.0 Å². The average Bonchev–Trinajstić information content (AvgIpc) is 2.42. The van der Waals surface area contributed by atoms with Gasteiger partial charge in [0.25, 0.3) is 0 Å². The maximum atomic E-state index is 9.01. The predicted octanol–water partition coefficient (Wildman–Crippen LogP) is 2.67. The van der Waals surface area contributed by atoms with E-state index in [0.29, 0.717) is 5.92 Å². The largest absolute Gasteiger partial charge is 0.409 e. The lowest BCUT2D eigenvalue weighted by Crippen LogP contribution is -2.31. The number of aromatic nitrogens is 1. The van der Waals surface area contributed by atoms with E-state index in [0.717, 1.165) is 42.1 Å². The van der Waals surface area contributed by atoms with Gasteiger partial charge in [0.1, 0.15) is 0 Å². The van der Waals surface area contributed by atoms with Gasteiger partial charge in [-0.05, 0) is 32.8 Å². The minimum Gasteiger partial charge on any atom is -0.409 e. The van der Waals surface area contributed by atoms with Crippen LogP contribution in [-0.2, 0) is 0 Å². The standard InChI is InChI=1S/C15H26N4O/c1-6-10(3)9-19(7-2)13-8-11(4)17-12(5)14(13)15(16)18-20/h8,10,20H,6-7,9H2,1-5H3,(H2,16,18). The SMILES string of the molecule is CCC(C)CN(CC)c1cc(C)nc(C)c1/C(N)=N/O. The van der Waals surface area contributed by atoms with Crippen molar-refractivity contribution in [1.82, 2.24) is 4.98 Å². The number of hydrogen-bond acceptors (Lipinski definition) is 4. The van der Waals surface area contributed by atoms with Crippen LogP contribution in [0.5, 0.6) is 0 Å². The molecule has 0 aromatic carbocycles. The summed E-state index contributed by atoms with van der Waals surface area (Å²) in [5, 5.41) is 12.2. The second-order valence-electron chi connectivity index (χ2n) is 5.28. The third-order valence-electron chi connectivity index (χ3n) is 3.62. The first-order valence-electron chi connectivity index (χ1n) is 7.15. The van der Waals surface area contributed by atoms with Gasteiger partial charge in [0, 0.05) is 18.8 Å². The summed E-state index contributed by atoms with van der Waals surface area (Å²) in [5.41, 5.74) is 9.28. The van der Waals surface area contributed by atoms with Crippen LogP contribution in [0.2, 0.25) is 0 Å². The summed E-state index contributed by atoms with van der Waals surface area (Å²) in [6, 6.07) is 2.01. The van der Waals surface area contributed by atoms with E-state index in [1.165, 1.54) is 0 Å². The van der Waals surface area contributed by atoms with Gasteiger partial charge in [-0.15, -0.1) is 0 Å². The Morgan fingerprint density at radius 3 is 2.60 bits per heavy atom. The number of pyridine rings is 1. The molecule has 0 saturated heterocycles.